The van der Waals surface area contributed by atoms with Gasteiger partial charge in [-0.2, -0.15) is 0 Å². The van der Waals surface area contributed by atoms with E-state index in [9.17, 15) is 4.79 Å². The molecule has 3 aliphatic rings. The van der Waals surface area contributed by atoms with Gasteiger partial charge in [0.25, 0.3) is 0 Å². The van der Waals surface area contributed by atoms with Crippen molar-refractivity contribution in [1.29, 1.82) is 0 Å². The molecule has 1 aromatic carbocycles. The van der Waals surface area contributed by atoms with Crippen molar-refractivity contribution in [3.05, 3.63) is 35.9 Å². The van der Waals surface area contributed by atoms with Crippen molar-refractivity contribution in [2.45, 2.75) is 70.0 Å². The lowest BCUT2D eigenvalue weighted by atomic mass is 9.74. The Morgan fingerprint density at radius 3 is 2.78 bits per heavy atom. The van der Waals surface area contributed by atoms with E-state index in [0.717, 1.165) is 24.7 Å². The maximum absolute atomic E-state index is 13.0. The summed E-state index contributed by atoms with van der Waals surface area (Å²) in [6.07, 6.45) is 8.60. The highest BCUT2D eigenvalue weighted by Gasteiger charge is 2.45. The van der Waals surface area contributed by atoms with E-state index in [4.69, 9.17) is 5.73 Å². The molecule has 27 heavy (non-hydrogen) atoms. The summed E-state index contributed by atoms with van der Waals surface area (Å²) in [5, 5.41) is 0. The number of piperidine rings is 3. The van der Waals surface area contributed by atoms with Gasteiger partial charge in [0.1, 0.15) is 0 Å². The highest BCUT2D eigenvalue weighted by atomic mass is 16.2. The number of hydrogen-bond donors (Lipinski definition) is 1. The minimum Gasteiger partial charge on any atom is -0.341 e. The first-order chi connectivity index (χ1) is 13.2. The lowest BCUT2D eigenvalue weighted by Crippen LogP contribution is -2.63. The van der Waals surface area contributed by atoms with Gasteiger partial charge in [0.15, 0.2) is 0 Å². The van der Waals surface area contributed by atoms with Gasteiger partial charge >= 0.3 is 0 Å². The molecule has 0 saturated carbocycles. The Morgan fingerprint density at radius 2 is 2.00 bits per heavy atom. The van der Waals surface area contributed by atoms with Crippen molar-refractivity contribution in [2.24, 2.45) is 17.6 Å². The predicted octanol–water partition coefficient (Wildman–Crippen LogP) is 3.06. The van der Waals surface area contributed by atoms with E-state index in [2.05, 4.69) is 28.9 Å². The average Bonchev–Trinajstić information content (AvgIpc) is 2.69. The minimum atomic E-state index is -0.415. The largest absolute Gasteiger partial charge is 0.341 e. The average molecular weight is 370 g/mol. The molecule has 0 aliphatic carbocycles. The first-order valence-electron chi connectivity index (χ1n) is 11.0. The molecule has 0 aromatic heterocycles. The molecule has 4 rings (SSSR count). The van der Waals surface area contributed by atoms with Gasteiger partial charge in [-0.25, -0.2) is 0 Å². The van der Waals surface area contributed by atoms with Crippen LogP contribution in [0.15, 0.2) is 30.3 Å². The van der Waals surface area contributed by atoms with Crippen LogP contribution in [0.3, 0.4) is 0 Å². The third-order valence-electron chi connectivity index (χ3n) is 7.06. The summed E-state index contributed by atoms with van der Waals surface area (Å²) in [5.41, 5.74) is 7.47. The topological polar surface area (TPSA) is 49.6 Å². The molecule has 5 atom stereocenters. The summed E-state index contributed by atoms with van der Waals surface area (Å²) >= 11 is 0. The maximum Gasteiger partial charge on any atom is 0.239 e. The number of amides is 1. The highest BCUT2D eigenvalue weighted by molar-refractivity contribution is 5.82. The summed E-state index contributed by atoms with van der Waals surface area (Å²) in [6.45, 7) is 5.31. The Balaban J connectivity index is 1.40. The van der Waals surface area contributed by atoms with Crippen LogP contribution in [-0.4, -0.2) is 53.5 Å². The van der Waals surface area contributed by atoms with E-state index < -0.39 is 6.04 Å². The zero-order chi connectivity index (χ0) is 18.8. The Labute approximate surface area is 164 Å². The van der Waals surface area contributed by atoms with Gasteiger partial charge in [-0.15, -0.1) is 0 Å². The quantitative estimate of drug-likeness (QED) is 0.868. The number of nitrogens with two attached hydrogens (primary N) is 1. The fourth-order valence-electron chi connectivity index (χ4n) is 5.92. The minimum absolute atomic E-state index is 0.155. The van der Waals surface area contributed by atoms with Crippen molar-refractivity contribution >= 4 is 5.91 Å². The second-order valence-corrected chi connectivity index (χ2v) is 9.04. The summed E-state index contributed by atoms with van der Waals surface area (Å²) in [5.74, 6) is 1.43. The standard InChI is InChI=1S/C23H35N3O/c1-2-7-20-10-6-11-22-19-12-18(15-26(20)22)14-25(16-19)23(27)21(24)13-17-8-4-3-5-9-17/h3-5,8-9,18-22H,2,6-7,10-16,24H2,1H3/t18-,19+,20-,21+,22-/m0/s1. The van der Waals surface area contributed by atoms with E-state index in [1.54, 1.807) is 0 Å². The molecule has 1 amide bonds. The van der Waals surface area contributed by atoms with Crippen molar-refractivity contribution in [3.63, 3.8) is 0 Å². The van der Waals surface area contributed by atoms with Crippen LogP contribution in [0.1, 0.15) is 51.0 Å². The molecule has 2 N–H and O–H groups in total. The third-order valence-corrected chi connectivity index (χ3v) is 7.06. The van der Waals surface area contributed by atoms with Crippen LogP contribution >= 0.6 is 0 Å². The van der Waals surface area contributed by atoms with E-state index in [1.807, 2.05) is 18.2 Å². The highest BCUT2D eigenvalue weighted by Crippen LogP contribution is 2.40. The van der Waals surface area contributed by atoms with Gasteiger partial charge in [-0.3, -0.25) is 9.69 Å². The third kappa shape index (κ3) is 4.07. The second-order valence-electron chi connectivity index (χ2n) is 9.04. The predicted molar refractivity (Wildman–Crippen MR) is 109 cm³/mol. The molecule has 2 bridgehead atoms. The van der Waals surface area contributed by atoms with Crippen molar-refractivity contribution < 1.29 is 4.79 Å². The molecule has 1 aromatic rings. The zero-order valence-electron chi connectivity index (χ0n) is 16.7. The first kappa shape index (κ1) is 18.9. The molecular weight excluding hydrogens is 334 g/mol. The number of likely N-dealkylation sites (tertiary alicyclic amines) is 1. The normalized spacial score (nSPS) is 32.0. The second kappa shape index (κ2) is 8.32. The number of benzene rings is 1. The van der Waals surface area contributed by atoms with Crippen molar-refractivity contribution in [3.8, 4) is 0 Å². The Kier molecular flexibility index (Phi) is 5.84. The Morgan fingerprint density at radius 1 is 1.19 bits per heavy atom. The monoisotopic (exact) mass is 369 g/mol. The van der Waals surface area contributed by atoms with E-state index in [-0.39, 0.29) is 5.91 Å². The summed E-state index contributed by atoms with van der Waals surface area (Å²) in [6, 6.07) is 11.2. The molecule has 0 unspecified atom stereocenters. The molecule has 148 valence electrons. The zero-order valence-corrected chi connectivity index (χ0v) is 16.7. The summed E-state index contributed by atoms with van der Waals surface area (Å²) < 4.78 is 0. The number of rotatable bonds is 5. The maximum atomic E-state index is 13.0. The molecule has 3 heterocycles. The van der Waals surface area contributed by atoms with Crippen LogP contribution in [0.2, 0.25) is 0 Å². The van der Waals surface area contributed by atoms with Crippen LogP contribution < -0.4 is 5.73 Å². The van der Waals surface area contributed by atoms with Crippen molar-refractivity contribution in [2.75, 3.05) is 19.6 Å². The number of carbonyl (C=O) groups excluding carboxylic acids is 1. The van der Waals surface area contributed by atoms with E-state index in [0.29, 0.717) is 24.3 Å². The molecule has 3 aliphatic heterocycles. The molecular formula is C23H35N3O. The lowest BCUT2D eigenvalue weighted by molar-refractivity contribution is -0.140. The van der Waals surface area contributed by atoms with Crippen LogP contribution in [0.5, 0.6) is 0 Å². The molecule has 4 heteroatoms. The molecule has 0 spiro atoms. The fourth-order valence-corrected chi connectivity index (χ4v) is 5.92. The smallest absolute Gasteiger partial charge is 0.239 e. The SMILES string of the molecule is CCC[C@H]1CCC[C@H]2[C@@H]3C[C@@H](CN(C(=O)[C@H](N)Cc4ccccc4)C3)CN12. The van der Waals surface area contributed by atoms with Gasteiger partial charge < -0.3 is 10.6 Å². The fraction of sp³-hybridized carbons (Fsp3) is 0.696. The van der Waals surface area contributed by atoms with Crippen LogP contribution in [-0.2, 0) is 11.2 Å². The number of hydrogen-bond acceptors (Lipinski definition) is 3. The summed E-state index contributed by atoms with van der Waals surface area (Å²) in [7, 11) is 0. The van der Waals surface area contributed by atoms with Gasteiger partial charge in [-0.05, 0) is 49.5 Å². The van der Waals surface area contributed by atoms with Crippen LogP contribution in [0, 0.1) is 11.8 Å². The van der Waals surface area contributed by atoms with Crippen LogP contribution in [0.4, 0.5) is 0 Å². The van der Waals surface area contributed by atoms with Crippen LogP contribution in [0.25, 0.3) is 0 Å². The van der Waals surface area contributed by atoms with E-state index >= 15 is 0 Å². The number of nitrogens with zero attached hydrogens (tertiary/aromatic N) is 2. The van der Waals surface area contributed by atoms with Crippen molar-refractivity contribution in [1.82, 2.24) is 9.80 Å². The van der Waals surface area contributed by atoms with Gasteiger partial charge in [0.05, 0.1) is 6.04 Å². The summed E-state index contributed by atoms with van der Waals surface area (Å²) in [4.78, 5) is 18.0. The molecule has 3 fully saturated rings. The number of fused-ring (bicyclic) bond motifs is 4. The van der Waals surface area contributed by atoms with Gasteiger partial charge in [-0.1, -0.05) is 50.1 Å². The number of carbonyl (C=O) groups is 1. The van der Waals surface area contributed by atoms with Gasteiger partial charge in [0, 0.05) is 31.7 Å². The molecule has 3 saturated heterocycles. The molecule has 0 radical (unpaired) electrons. The Hall–Kier alpha value is -1.39. The van der Waals surface area contributed by atoms with Gasteiger partial charge in [0.2, 0.25) is 5.91 Å². The molecule has 4 nitrogen and oxygen atoms in total. The van der Waals surface area contributed by atoms with E-state index in [1.165, 1.54) is 45.1 Å². The first-order valence-corrected chi connectivity index (χ1v) is 11.0. The Bertz CT molecular complexity index is 632. The lowest BCUT2D eigenvalue weighted by Gasteiger charge is -2.55.